The number of benzene rings is 3. The van der Waals surface area contributed by atoms with E-state index in [1.54, 1.807) is 36.7 Å². The number of carboxylic acids is 1. The maximum absolute atomic E-state index is 13.0. The molecule has 3 aromatic carbocycles. The van der Waals surface area contributed by atoms with Gasteiger partial charge in [-0.2, -0.15) is 39.5 Å². The molecule has 0 spiro atoms. The Morgan fingerprint density at radius 2 is 0.802 bits per heavy atom. The van der Waals surface area contributed by atoms with Crippen LogP contribution in [0.15, 0.2) is 113 Å². The topological polar surface area (TPSA) is 565 Å². The summed E-state index contributed by atoms with van der Waals surface area (Å²) in [6.45, 7) is 5.98. The predicted molar refractivity (Wildman–Crippen MR) is 396 cm³/mol. The van der Waals surface area contributed by atoms with E-state index in [0.29, 0.717) is 43.6 Å². The molecule has 0 bridgehead atoms. The van der Waals surface area contributed by atoms with Crippen molar-refractivity contribution in [1.29, 1.82) is 0 Å². The Hall–Kier alpha value is -8.49. The number of aliphatic carboxylic acids is 1. The van der Waals surface area contributed by atoms with E-state index in [9.17, 15) is 155 Å². The average Bonchev–Trinajstić information content (AvgIpc) is 0.824. The molecule has 1 aromatic heterocycles. The van der Waals surface area contributed by atoms with Gasteiger partial charge < -0.3 is 80.4 Å². The number of hydrogen-bond donors (Lipinski definition) is 3. The molecule has 0 unspecified atom stereocenters. The number of alkyl halides is 13. The number of nitrogens with zero attached hydrogens (tertiary/aromatic N) is 9. The number of carbonyl (C=O) groups is 6. The van der Waals surface area contributed by atoms with Gasteiger partial charge in [0.1, 0.15) is 45.8 Å². The second kappa shape index (κ2) is 58.9. The second-order valence-corrected chi connectivity index (χ2v) is 30.5. The number of aliphatic imine (C=N–C) groups is 2. The van der Waals surface area contributed by atoms with E-state index in [0.717, 1.165) is 0 Å². The SMILES string of the molecule is CC(C)N=C=NC(C)C.CCC(F)(F)C[NH3+].O=C(O)C1CCN(C(=O)OCc2ccccc2[N+](=O)[O-])CC1.O=C(OCC(F)(F)S(=O)(=O)[O-])C1CCN(C(=O)OCc2ccccc2[N+](=O)[O-])CC1.O=C(OCC(F)(F)S(=O)(=O)[O-])C1CCN(C(=O)OCc2ccccc2[N+](=O)[O-])CC1.O=S(=O)([O-])C(F)(F)CO.[CH2+]CC(F)(F)CC(F)(F)F.[Cl-].[Na+].[Na+].c1ccncc1. The van der Waals surface area contributed by atoms with Crippen molar-refractivity contribution < 1.29 is 251 Å². The van der Waals surface area contributed by atoms with Crippen molar-refractivity contribution in [2.75, 3.05) is 65.6 Å². The van der Waals surface area contributed by atoms with E-state index in [1.165, 1.54) is 70.2 Å². The molecule has 0 aliphatic carbocycles. The van der Waals surface area contributed by atoms with E-state index in [-0.39, 0.29) is 184 Å². The molecule has 4 aromatic rings. The second-order valence-electron chi connectivity index (χ2n) is 26.0. The number of hydrogen-bond acceptors (Lipinski definition) is 30. The summed E-state index contributed by atoms with van der Waals surface area (Å²) >= 11 is 0. The molecule has 0 atom stereocenters. The van der Waals surface area contributed by atoms with Gasteiger partial charge in [0.15, 0.2) is 43.6 Å². The number of quaternary nitrogens is 1. The molecule has 57 heteroatoms. The zero-order valence-electron chi connectivity index (χ0n) is 68.2. The van der Waals surface area contributed by atoms with Crippen LogP contribution in [0.3, 0.4) is 0 Å². The Bertz CT molecular complexity index is 4280. The van der Waals surface area contributed by atoms with E-state index in [4.69, 9.17) is 24.4 Å². The quantitative estimate of drug-likeness (QED) is 0.00923. The van der Waals surface area contributed by atoms with Crippen LogP contribution in [0.2, 0.25) is 0 Å². The molecule has 3 aliphatic rings. The third-order valence-electron chi connectivity index (χ3n) is 15.8. The van der Waals surface area contributed by atoms with Crippen molar-refractivity contribution >= 4 is 89.6 Å². The normalized spacial score (nSPS) is 13.9. The van der Waals surface area contributed by atoms with Gasteiger partial charge in [0.2, 0.25) is 0 Å². The number of amides is 3. The number of carboxylic acid groups (broad SMARTS) is 1. The predicted octanol–water partition coefficient (Wildman–Crippen LogP) is 1.54. The number of carbonyl (C=O) groups excluding carboxylic acids is 5. The van der Waals surface area contributed by atoms with Crippen LogP contribution in [0.25, 0.3) is 0 Å². The fraction of sp³-hybridized carbons (Fsp3) is 0.551. The number of piperidine rings is 3. The number of para-hydroxylation sites is 3. The van der Waals surface area contributed by atoms with Crippen LogP contribution >= 0.6 is 0 Å². The van der Waals surface area contributed by atoms with E-state index >= 15 is 0 Å². The molecule has 3 aliphatic heterocycles. The summed E-state index contributed by atoms with van der Waals surface area (Å²) in [5, 5.41) is 35.3. The maximum Gasteiger partial charge on any atom is 1.00 e. The third-order valence-corrected chi connectivity index (χ3v) is 18.4. The number of nitro groups is 3. The third kappa shape index (κ3) is 49.7. The number of halogens is 14. The number of aromatic nitrogens is 1. The fourth-order valence-corrected chi connectivity index (χ4v) is 9.50. The number of aliphatic hydroxyl groups excluding tert-OH is 1. The van der Waals surface area contributed by atoms with Crippen molar-refractivity contribution in [2.24, 2.45) is 27.7 Å². The Labute approximate surface area is 763 Å². The standard InChI is InChI=1S/2C16H18F2N2O9S.C14H16N2O6.C7H14N2.C5H6F5.C5H5N.C4H9F2N.C2H4F2O4S.ClH.2Na/c2*17-16(18,30(25,26)27)10-29-14(21)11-5-7-19(8-6-11)15(22)28-9-12-3-1-2-4-13(12)20(23)24;17-13(18)10-5-7-15(8-6-10)14(19)22-9-11-3-1-2-4-12(11)16(20)21;1-6(2)8-5-9-7(3)4;1-2-4(6,7)3-5(8,9)10;1-2-4-6-5-3-1;1-2-4(5,6)3-7;3-2(4,1-5)9(6,7)8;;;/h2*1-4,11H,5-10H2,(H,25,26,27);1-4,10H,5-9H2,(H,17,18);6-7H,1-4H3;1-3H2;1-5H;2-3,7H2,1H3;5H,1H2,(H,6,7,8);1H;;/q;;;;+1;;;;;2*+1/p-3. The van der Waals surface area contributed by atoms with Crippen LogP contribution in [-0.4, -0.2) is 237 Å². The van der Waals surface area contributed by atoms with Gasteiger partial charge in [0, 0.05) is 76.3 Å². The zero-order valence-corrected chi connectivity index (χ0v) is 75.4. The van der Waals surface area contributed by atoms with Gasteiger partial charge >= 0.3 is 117 Å². The first-order chi connectivity index (χ1) is 56.7. The molecule has 3 saturated heterocycles. The van der Waals surface area contributed by atoms with E-state index in [2.05, 4.69) is 43.1 Å². The monoisotopic (exact) mass is 1930 g/mol. The number of pyridine rings is 1. The molecule has 0 radical (unpaired) electrons. The summed E-state index contributed by atoms with van der Waals surface area (Å²) < 4.78 is 271. The van der Waals surface area contributed by atoms with Crippen molar-refractivity contribution in [3.8, 4) is 0 Å². The van der Waals surface area contributed by atoms with Gasteiger partial charge in [-0.05, 0) is 96.6 Å². The molecule has 126 heavy (non-hydrogen) atoms. The Morgan fingerprint density at radius 3 is 0.984 bits per heavy atom. The molecule has 4 heterocycles. The number of esters is 2. The molecule has 7 rings (SSSR count). The van der Waals surface area contributed by atoms with Crippen LogP contribution in [-0.2, 0) is 88.2 Å². The van der Waals surface area contributed by atoms with Gasteiger partial charge in [0.05, 0.1) is 74.2 Å². The first-order valence-electron chi connectivity index (χ1n) is 35.6. The fourth-order valence-electron chi connectivity index (χ4n) is 8.93. The maximum atomic E-state index is 13.0. The van der Waals surface area contributed by atoms with Crippen LogP contribution in [0.4, 0.5) is 88.5 Å². The van der Waals surface area contributed by atoms with Crippen LogP contribution in [0.1, 0.15) is 109 Å². The van der Waals surface area contributed by atoms with Crippen LogP contribution in [0.5, 0.6) is 0 Å². The minimum atomic E-state index is -5.96. The van der Waals surface area contributed by atoms with Gasteiger partial charge in [-0.25, -0.2) is 67.2 Å². The van der Waals surface area contributed by atoms with Crippen LogP contribution in [0, 0.1) is 55.0 Å². The molecule has 3 amide bonds. The molecule has 5 N–H and O–H groups in total. The van der Waals surface area contributed by atoms with Crippen LogP contribution < -0.4 is 77.3 Å². The minimum Gasteiger partial charge on any atom is -1.00 e. The summed E-state index contributed by atoms with van der Waals surface area (Å²) in [5.74, 6) is -11.5. The summed E-state index contributed by atoms with van der Waals surface area (Å²) in [6, 6.07) is 26.5. The number of aliphatic hydroxyl groups is 1. The molecule has 700 valence electrons. The molecule has 38 nitrogen and oxygen atoms in total. The van der Waals surface area contributed by atoms with Crippen molar-refractivity contribution in [1.82, 2.24) is 19.7 Å². The smallest absolute Gasteiger partial charge is 1.00 e. The zero-order chi connectivity index (χ0) is 94.7. The van der Waals surface area contributed by atoms with Crippen molar-refractivity contribution in [3.63, 3.8) is 0 Å². The molecular weight excluding hydrogens is 1840 g/mol. The Balaban J connectivity index is -0.000000721. The van der Waals surface area contributed by atoms with Gasteiger partial charge in [0.25, 0.3) is 28.9 Å². The van der Waals surface area contributed by atoms with Gasteiger partial charge in [-0.1, -0.05) is 49.4 Å². The summed E-state index contributed by atoms with van der Waals surface area (Å²) in [7, 11) is -17.6. The van der Waals surface area contributed by atoms with E-state index < -0.39 is 166 Å². The Kier molecular flexibility index (Phi) is 57.8. The first-order valence-corrected chi connectivity index (χ1v) is 39.9. The molecule has 0 saturated carbocycles. The van der Waals surface area contributed by atoms with Gasteiger partial charge in [-0.3, -0.25) is 49.7 Å². The molecular formula is C69H88ClF13N10Na2O28S3. The minimum absolute atomic E-state index is 0. The number of nitro benzene ring substituents is 3. The first kappa shape index (κ1) is 124. The van der Waals surface area contributed by atoms with Gasteiger partial charge in [-0.15, -0.1) is 0 Å². The number of rotatable bonds is 26. The number of ether oxygens (including phenoxy) is 5. The molecule has 3 fully saturated rings. The van der Waals surface area contributed by atoms with Crippen molar-refractivity contribution in [2.45, 2.75) is 158 Å². The average molecular weight is 1930 g/mol. The number of likely N-dealkylation sites (tertiary alicyclic amines) is 3. The summed E-state index contributed by atoms with van der Waals surface area (Å²) in [5.41, 5.74) is 3.29. The summed E-state index contributed by atoms with van der Waals surface area (Å²) in [6.07, 6.45) is -5.72. The Morgan fingerprint density at radius 1 is 0.516 bits per heavy atom. The largest absolute Gasteiger partial charge is 1.00 e. The van der Waals surface area contributed by atoms with E-state index in [1.807, 2.05) is 45.9 Å². The van der Waals surface area contributed by atoms with Crippen molar-refractivity contribution in [3.05, 3.63) is 157 Å². The summed E-state index contributed by atoms with van der Waals surface area (Å²) in [4.78, 5) is 117.